The summed E-state index contributed by atoms with van der Waals surface area (Å²) in [5.74, 6) is 0.152. The van der Waals surface area contributed by atoms with Gasteiger partial charge in [-0.3, -0.25) is 0 Å². The molecule has 0 aromatic heterocycles. The van der Waals surface area contributed by atoms with Crippen LogP contribution in [0.15, 0.2) is 212 Å². The van der Waals surface area contributed by atoms with Gasteiger partial charge in [0.25, 0.3) is 0 Å². The van der Waals surface area contributed by atoms with Gasteiger partial charge in [0.1, 0.15) is 0 Å². The molecule has 11 rings (SSSR count). The van der Waals surface area contributed by atoms with Gasteiger partial charge in [0.05, 0.1) is 16.9 Å². The Bertz CT molecular complexity index is 2550. The SMILES string of the molecule is c1ccc(C2(c3ccccc3)c3ccccc3-c3ccc(N4c5ccccc5C5C4c4ccccc4C5(c4ccccc4)c4ccccc4)cc32)cc1. The quantitative estimate of drug-likeness (QED) is 0.175. The number of rotatable bonds is 5. The lowest BCUT2D eigenvalue weighted by molar-refractivity contribution is 0.482. The summed E-state index contributed by atoms with van der Waals surface area (Å²) in [6.07, 6.45) is 0. The summed E-state index contributed by atoms with van der Waals surface area (Å²) in [7, 11) is 0. The van der Waals surface area contributed by atoms with Gasteiger partial charge in [-0.2, -0.15) is 0 Å². The van der Waals surface area contributed by atoms with Crippen LogP contribution in [0.4, 0.5) is 11.4 Å². The fourth-order valence-corrected chi connectivity index (χ4v) is 10.6. The highest BCUT2D eigenvalue weighted by atomic mass is 15.2. The topological polar surface area (TPSA) is 3.24 Å². The van der Waals surface area contributed by atoms with Gasteiger partial charge in [0.15, 0.2) is 0 Å². The minimum absolute atomic E-state index is 0.0914. The van der Waals surface area contributed by atoms with Crippen LogP contribution in [0, 0.1) is 0 Å². The van der Waals surface area contributed by atoms with Crippen LogP contribution in [0.2, 0.25) is 0 Å². The van der Waals surface area contributed by atoms with E-state index in [2.05, 4.69) is 217 Å². The van der Waals surface area contributed by atoms with E-state index < -0.39 is 5.41 Å². The minimum atomic E-state index is -0.464. The van der Waals surface area contributed by atoms with Crippen LogP contribution in [-0.4, -0.2) is 0 Å². The molecule has 2 aliphatic carbocycles. The summed E-state index contributed by atoms with van der Waals surface area (Å²) in [4.78, 5) is 2.68. The number of anilines is 2. The third-order valence-electron chi connectivity index (χ3n) is 12.5. The van der Waals surface area contributed by atoms with Crippen molar-refractivity contribution in [2.45, 2.75) is 22.8 Å². The Morgan fingerprint density at radius 1 is 0.358 bits per heavy atom. The molecule has 1 nitrogen and oxygen atoms in total. The van der Waals surface area contributed by atoms with Gasteiger partial charge in [-0.1, -0.05) is 194 Å². The molecule has 2 atom stereocenters. The zero-order valence-electron chi connectivity index (χ0n) is 29.3. The fraction of sp³-hybridized carbons (Fsp3) is 0.0769. The lowest BCUT2D eigenvalue weighted by Crippen LogP contribution is -2.34. The van der Waals surface area contributed by atoms with Gasteiger partial charge >= 0.3 is 0 Å². The van der Waals surface area contributed by atoms with Gasteiger partial charge < -0.3 is 4.90 Å². The van der Waals surface area contributed by atoms with Crippen molar-refractivity contribution in [3.8, 4) is 11.1 Å². The van der Waals surface area contributed by atoms with E-state index in [1.165, 1.54) is 72.6 Å². The zero-order chi connectivity index (χ0) is 35.0. The van der Waals surface area contributed by atoms with Crippen LogP contribution in [0.1, 0.15) is 62.0 Å². The molecule has 1 aliphatic heterocycles. The van der Waals surface area contributed by atoms with Crippen LogP contribution < -0.4 is 4.90 Å². The second-order valence-electron chi connectivity index (χ2n) is 14.7. The summed E-state index contributed by atoms with van der Waals surface area (Å²) in [5.41, 5.74) is 16.4. The second kappa shape index (κ2) is 11.5. The first-order valence-corrected chi connectivity index (χ1v) is 18.8. The molecular weight excluding hydrogens is 639 g/mol. The molecular formula is C52H37N. The van der Waals surface area contributed by atoms with Crippen molar-refractivity contribution in [1.82, 2.24) is 0 Å². The molecule has 53 heavy (non-hydrogen) atoms. The lowest BCUT2D eigenvalue weighted by Gasteiger charge is -2.38. The summed E-state index contributed by atoms with van der Waals surface area (Å²) in [5, 5.41) is 0. The molecule has 0 bridgehead atoms. The second-order valence-corrected chi connectivity index (χ2v) is 14.7. The molecule has 3 aliphatic rings. The van der Waals surface area contributed by atoms with Gasteiger partial charge in [0, 0.05) is 17.3 Å². The average molecular weight is 676 g/mol. The van der Waals surface area contributed by atoms with E-state index >= 15 is 0 Å². The van der Waals surface area contributed by atoms with Crippen LogP contribution in [0.25, 0.3) is 11.1 Å². The maximum Gasteiger partial charge on any atom is 0.0714 e. The van der Waals surface area contributed by atoms with Crippen LogP contribution in [0.3, 0.4) is 0 Å². The molecule has 0 amide bonds. The number of hydrogen-bond acceptors (Lipinski definition) is 1. The Kier molecular flexibility index (Phi) is 6.57. The predicted octanol–water partition coefficient (Wildman–Crippen LogP) is 12.4. The smallest absolute Gasteiger partial charge is 0.0714 e. The summed E-state index contributed by atoms with van der Waals surface area (Å²) in [6, 6.07) is 79.7. The normalized spacial score (nSPS) is 18.1. The number of hydrogen-bond donors (Lipinski definition) is 0. The molecule has 1 heterocycles. The molecule has 8 aromatic carbocycles. The van der Waals surface area contributed by atoms with Crippen molar-refractivity contribution in [2.75, 3.05) is 4.90 Å². The average Bonchev–Trinajstić information content (AvgIpc) is 3.85. The van der Waals surface area contributed by atoms with E-state index in [4.69, 9.17) is 0 Å². The van der Waals surface area contributed by atoms with E-state index in [1.54, 1.807) is 0 Å². The highest BCUT2D eigenvalue weighted by molar-refractivity contribution is 5.89. The minimum Gasteiger partial charge on any atom is -0.333 e. The molecule has 0 saturated carbocycles. The van der Waals surface area contributed by atoms with Crippen LogP contribution in [-0.2, 0) is 10.8 Å². The summed E-state index contributed by atoms with van der Waals surface area (Å²) >= 11 is 0. The maximum atomic E-state index is 2.68. The third kappa shape index (κ3) is 3.97. The van der Waals surface area contributed by atoms with E-state index in [1.807, 2.05) is 0 Å². The molecule has 0 fully saturated rings. The summed E-state index contributed by atoms with van der Waals surface area (Å²) in [6.45, 7) is 0. The Balaban J connectivity index is 1.20. The molecule has 0 saturated heterocycles. The first-order chi connectivity index (χ1) is 26.3. The Hall–Kier alpha value is -6.44. The lowest BCUT2D eigenvalue weighted by atomic mass is 9.63. The monoisotopic (exact) mass is 675 g/mol. The first kappa shape index (κ1) is 30.2. The van der Waals surface area contributed by atoms with Gasteiger partial charge in [-0.25, -0.2) is 0 Å². The van der Waals surface area contributed by atoms with Crippen LogP contribution in [0.5, 0.6) is 0 Å². The first-order valence-electron chi connectivity index (χ1n) is 18.8. The Morgan fingerprint density at radius 3 is 1.45 bits per heavy atom. The van der Waals surface area contributed by atoms with E-state index in [9.17, 15) is 0 Å². The molecule has 0 N–H and O–H groups in total. The van der Waals surface area contributed by atoms with Crippen LogP contribution >= 0.6 is 0 Å². The van der Waals surface area contributed by atoms with E-state index in [0.717, 1.165) is 0 Å². The zero-order valence-corrected chi connectivity index (χ0v) is 29.3. The molecule has 0 radical (unpaired) electrons. The maximum absolute atomic E-state index is 2.68. The van der Waals surface area contributed by atoms with E-state index in [-0.39, 0.29) is 17.4 Å². The van der Waals surface area contributed by atoms with Crippen molar-refractivity contribution in [1.29, 1.82) is 0 Å². The Morgan fingerprint density at radius 2 is 0.830 bits per heavy atom. The van der Waals surface area contributed by atoms with Crippen molar-refractivity contribution in [3.63, 3.8) is 0 Å². The van der Waals surface area contributed by atoms with Gasteiger partial charge in [-0.05, 0) is 79.4 Å². The van der Waals surface area contributed by atoms with Crippen molar-refractivity contribution < 1.29 is 0 Å². The molecule has 2 unspecified atom stereocenters. The number of para-hydroxylation sites is 1. The fourth-order valence-electron chi connectivity index (χ4n) is 10.6. The number of fused-ring (bicyclic) bond motifs is 8. The Labute approximate surface area is 311 Å². The van der Waals surface area contributed by atoms with Crippen molar-refractivity contribution in [3.05, 3.63) is 262 Å². The standard InChI is InChI=1S/C52H37N/c1-5-19-36(20-6-1)51(37-21-7-2-8-22-37)45-30-16-13-27-41(45)42-34-33-40(35-47(42)51)53-48-32-18-15-29-44(48)49-50(53)43-28-14-17-31-46(43)52(49,38-23-9-3-10-24-38)39-25-11-4-12-26-39/h1-35,49-50H. The highest BCUT2D eigenvalue weighted by Crippen LogP contribution is 2.69. The number of benzene rings is 8. The molecule has 8 aromatic rings. The molecule has 0 spiro atoms. The van der Waals surface area contributed by atoms with Crippen molar-refractivity contribution >= 4 is 11.4 Å². The largest absolute Gasteiger partial charge is 0.333 e. The molecule has 1 heteroatoms. The predicted molar refractivity (Wildman–Crippen MR) is 217 cm³/mol. The van der Waals surface area contributed by atoms with Gasteiger partial charge in [0.2, 0.25) is 0 Å². The number of nitrogens with zero attached hydrogens (tertiary/aromatic N) is 1. The third-order valence-corrected chi connectivity index (χ3v) is 12.5. The molecule has 250 valence electrons. The highest BCUT2D eigenvalue weighted by Gasteiger charge is 2.60. The van der Waals surface area contributed by atoms with Crippen molar-refractivity contribution in [2.24, 2.45) is 0 Å². The summed E-state index contributed by atoms with van der Waals surface area (Å²) < 4.78 is 0. The van der Waals surface area contributed by atoms with Gasteiger partial charge in [-0.15, -0.1) is 0 Å². The van der Waals surface area contributed by atoms with E-state index in [0.29, 0.717) is 0 Å².